The fourth-order valence-corrected chi connectivity index (χ4v) is 3.38. The molecule has 1 fully saturated rings. The van der Waals surface area contributed by atoms with Gasteiger partial charge in [-0.2, -0.15) is 10.5 Å². The molecular formula is C20H24N4O3. The number of hydrogen-bond acceptors (Lipinski definition) is 5. The maximum absolute atomic E-state index is 12.5. The van der Waals surface area contributed by atoms with E-state index in [-0.39, 0.29) is 37.7 Å². The van der Waals surface area contributed by atoms with Gasteiger partial charge in [-0.05, 0) is 57.4 Å². The number of ether oxygens (including phenoxy) is 1. The highest BCUT2D eigenvalue weighted by Crippen LogP contribution is 2.23. The van der Waals surface area contributed by atoms with Crippen molar-refractivity contribution in [2.24, 2.45) is 0 Å². The van der Waals surface area contributed by atoms with E-state index in [4.69, 9.17) is 15.3 Å². The van der Waals surface area contributed by atoms with Gasteiger partial charge < -0.3 is 14.5 Å². The maximum Gasteiger partial charge on any atom is 0.260 e. The molecule has 0 aliphatic carbocycles. The number of likely N-dealkylation sites (tertiary alicyclic amines) is 1. The van der Waals surface area contributed by atoms with Crippen LogP contribution < -0.4 is 4.74 Å². The molecule has 0 spiro atoms. The van der Waals surface area contributed by atoms with E-state index < -0.39 is 5.91 Å². The van der Waals surface area contributed by atoms with Gasteiger partial charge in [0, 0.05) is 17.6 Å². The van der Waals surface area contributed by atoms with Gasteiger partial charge in [0.25, 0.3) is 11.8 Å². The number of nitriles is 2. The zero-order valence-corrected chi connectivity index (χ0v) is 15.7. The zero-order chi connectivity index (χ0) is 19.8. The van der Waals surface area contributed by atoms with Crippen LogP contribution in [0.2, 0.25) is 0 Å². The van der Waals surface area contributed by atoms with Crippen LogP contribution in [0.5, 0.6) is 5.75 Å². The number of rotatable bonds is 6. The molecule has 1 saturated heterocycles. The van der Waals surface area contributed by atoms with Crippen LogP contribution in [0.4, 0.5) is 0 Å². The van der Waals surface area contributed by atoms with Crippen molar-refractivity contribution in [3.63, 3.8) is 0 Å². The Labute approximate surface area is 159 Å². The Morgan fingerprint density at radius 1 is 1.11 bits per heavy atom. The molecule has 1 aromatic rings. The maximum atomic E-state index is 12.5. The molecule has 1 aliphatic heterocycles. The van der Waals surface area contributed by atoms with Gasteiger partial charge in [0.1, 0.15) is 18.8 Å². The monoisotopic (exact) mass is 368 g/mol. The third-order valence-electron chi connectivity index (χ3n) is 4.76. The Hall–Kier alpha value is -3.06. The fraction of sp³-hybridized carbons (Fsp3) is 0.500. The summed E-state index contributed by atoms with van der Waals surface area (Å²) in [5.41, 5.74) is 0.359. The Morgan fingerprint density at radius 3 is 2.19 bits per heavy atom. The van der Waals surface area contributed by atoms with Crippen LogP contribution >= 0.6 is 0 Å². The van der Waals surface area contributed by atoms with Gasteiger partial charge in [0.2, 0.25) is 0 Å². The van der Waals surface area contributed by atoms with Crippen LogP contribution in [0.1, 0.15) is 43.5 Å². The lowest BCUT2D eigenvalue weighted by Gasteiger charge is -2.38. The van der Waals surface area contributed by atoms with Gasteiger partial charge in [-0.25, -0.2) is 0 Å². The number of carbonyl (C=O) groups is 2. The normalized spacial score (nSPS) is 18.9. The molecule has 27 heavy (non-hydrogen) atoms. The quantitative estimate of drug-likeness (QED) is 0.718. The van der Waals surface area contributed by atoms with Crippen LogP contribution in [-0.2, 0) is 4.79 Å². The van der Waals surface area contributed by atoms with E-state index in [1.807, 2.05) is 17.0 Å². The Balaban J connectivity index is 1.95. The first-order chi connectivity index (χ1) is 13.0. The van der Waals surface area contributed by atoms with Gasteiger partial charge in [-0.15, -0.1) is 0 Å². The van der Waals surface area contributed by atoms with Crippen molar-refractivity contribution < 1.29 is 14.3 Å². The molecule has 1 aromatic carbocycles. The van der Waals surface area contributed by atoms with E-state index in [2.05, 4.69) is 13.8 Å². The minimum atomic E-state index is -0.392. The molecule has 0 saturated carbocycles. The molecule has 0 N–H and O–H groups in total. The predicted octanol–water partition coefficient (Wildman–Crippen LogP) is 2.34. The number of piperidine rings is 1. The van der Waals surface area contributed by atoms with Crippen molar-refractivity contribution in [2.45, 2.75) is 45.2 Å². The number of amides is 2. The standard InChI is InChI=1S/C20H24N4O3/c1-15-4-3-5-16(2)24(15)19(25)14-27-18-8-6-17(7-9-18)20(26)23(12-10-21)13-11-22/h6-9,15-16H,3-5,12-14H2,1-2H3. The number of hydrogen-bond donors (Lipinski definition) is 0. The number of benzene rings is 1. The average Bonchev–Trinajstić information content (AvgIpc) is 2.66. The lowest BCUT2D eigenvalue weighted by atomic mass is 9.97. The summed E-state index contributed by atoms with van der Waals surface area (Å²) in [6, 6.07) is 10.5. The van der Waals surface area contributed by atoms with Crippen LogP contribution in [0, 0.1) is 22.7 Å². The first-order valence-electron chi connectivity index (χ1n) is 9.05. The van der Waals surface area contributed by atoms with E-state index in [0.717, 1.165) is 19.3 Å². The second-order valence-electron chi connectivity index (χ2n) is 6.72. The molecule has 1 aliphatic rings. The van der Waals surface area contributed by atoms with E-state index in [0.29, 0.717) is 11.3 Å². The second-order valence-corrected chi connectivity index (χ2v) is 6.72. The molecule has 1 heterocycles. The summed E-state index contributed by atoms with van der Waals surface area (Å²) in [5.74, 6) is 0.0603. The molecule has 2 unspecified atom stereocenters. The van der Waals surface area contributed by atoms with Gasteiger partial charge in [0.05, 0.1) is 12.1 Å². The van der Waals surface area contributed by atoms with E-state index >= 15 is 0 Å². The number of nitrogens with zero attached hydrogens (tertiary/aromatic N) is 4. The smallest absolute Gasteiger partial charge is 0.260 e. The van der Waals surface area contributed by atoms with Crippen molar-refractivity contribution in [1.29, 1.82) is 10.5 Å². The highest BCUT2D eigenvalue weighted by atomic mass is 16.5. The zero-order valence-electron chi connectivity index (χ0n) is 15.7. The summed E-state index contributed by atoms with van der Waals surface area (Å²) < 4.78 is 5.59. The molecule has 142 valence electrons. The summed E-state index contributed by atoms with van der Waals surface area (Å²) in [6.07, 6.45) is 3.15. The molecule has 2 atom stereocenters. The van der Waals surface area contributed by atoms with Crippen molar-refractivity contribution in [3.8, 4) is 17.9 Å². The highest BCUT2D eigenvalue weighted by molar-refractivity contribution is 5.94. The molecule has 2 rings (SSSR count). The SMILES string of the molecule is CC1CCCC(C)N1C(=O)COc1ccc(C(=O)N(CC#N)CC#N)cc1. The second kappa shape index (κ2) is 9.59. The summed E-state index contributed by atoms with van der Waals surface area (Å²) in [4.78, 5) is 27.8. The van der Waals surface area contributed by atoms with Crippen LogP contribution in [0.25, 0.3) is 0 Å². The highest BCUT2D eigenvalue weighted by Gasteiger charge is 2.29. The van der Waals surface area contributed by atoms with Crippen LogP contribution in [0.15, 0.2) is 24.3 Å². The van der Waals surface area contributed by atoms with Crippen LogP contribution in [0.3, 0.4) is 0 Å². The summed E-state index contributed by atoms with van der Waals surface area (Å²) in [6.45, 7) is 3.78. The molecular weight excluding hydrogens is 344 g/mol. The Kier molecular flexibility index (Phi) is 7.19. The minimum absolute atomic E-state index is 0.0379. The van der Waals surface area contributed by atoms with Gasteiger partial charge in [0.15, 0.2) is 6.61 Å². The van der Waals surface area contributed by atoms with Gasteiger partial charge in [-0.1, -0.05) is 0 Å². The Morgan fingerprint density at radius 2 is 1.67 bits per heavy atom. The number of carbonyl (C=O) groups excluding carboxylic acids is 2. The minimum Gasteiger partial charge on any atom is -0.484 e. The van der Waals surface area contributed by atoms with E-state index in [1.54, 1.807) is 24.3 Å². The molecule has 7 heteroatoms. The summed E-state index contributed by atoms with van der Waals surface area (Å²) >= 11 is 0. The topological polar surface area (TPSA) is 97.4 Å². The average molecular weight is 368 g/mol. The fourth-order valence-electron chi connectivity index (χ4n) is 3.38. The molecule has 2 amide bonds. The third-order valence-corrected chi connectivity index (χ3v) is 4.76. The molecule has 0 bridgehead atoms. The van der Waals surface area contributed by atoms with E-state index in [1.165, 1.54) is 4.90 Å². The largest absolute Gasteiger partial charge is 0.484 e. The van der Waals surface area contributed by atoms with E-state index in [9.17, 15) is 9.59 Å². The molecule has 0 aromatic heterocycles. The predicted molar refractivity (Wildman–Crippen MR) is 98.7 cm³/mol. The van der Waals surface area contributed by atoms with Crippen molar-refractivity contribution in [2.75, 3.05) is 19.7 Å². The lowest BCUT2D eigenvalue weighted by molar-refractivity contribution is -0.139. The first kappa shape index (κ1) is 20.3. The third kappa shape index (κ3) is 5.21. The van der Waals surface area contributed by atoms with Gasteiger partial charge >= 0.3 is 0 Å². The summed E-state index contributed by atoms with van der Waals surface area (Å²) in [5, 5.41) is 17.5. The molecule has 7 nitrogen and oxygen atoms in total. The van der Waals surface area contributed by atoms with Crippen LogP contribution in [-0.4, -0.2) is 53.4 Å². The Bertz CT molecular complexity index is 722. The summed E-state index contributed by atoms with van der Waals surface area (Å²) in [7, 11) is 0. The van der Waals surface area contributed by atoms with Crippen molar-refractivity contribution in [3.05, 3.63) is 29.8 Å². The molecule has 0 radical (unpaired) electrons. The van der Waals surface area contributed by atoms with Gasteiger partial charge in [-0.3, -0.25) is 9.59 Å². The van der Waals surface area contributed by atoms with Crippen molar-refractivity contribution in [1.82, 2.24) is 9.80 Å². The van der Waals surface area contributed by atoms with Crippen molar-refractivity contribution >= 4 is 11.8 Å². The first-order valence-corrected chi connectivity index (χ1v) is 9.05. The lowest BCUT2D eigenvalue weighted by Crippen LogP contribution is -2.49.